The summed E-state index contributed by atoms with van der Waals surface area (Å²) >= 11 is 0. The maximum atomic E-state index is 11.3. The van der Waals surface area contributed by atoms with E-state index in [1.165, 1.54) is 0 Å². The summed E-state index contributed by atoms with van der Waals surface area (Å²) in [6.45, 7) is 3.56. The molecule has 0 saturated carbocycles. The fourth-order valence-corrected chi connectivity index (χ4v) is 3.49. The molecule has 2 saturated heterocycles. The van der Waals surface area contributed by atoms with Gasteiger partial charge in [0.1, 0.15) is 0 Å². The molecule has 2 rings (SSSR count). The maximum Gasteiger partial charge on any atom is 0.153 e. The molecular weight excluding hydrogens is 176 g/mol. The van der Waals surface area contributed by atoms with Gasteiger partial charge in [0.15, 0.2) is 9.84 Å². The topological polar surface area (TPSA) is 49.4 Å². The summed E-state index contributed by atoms with van der Waals surface area (Å²) < 4.78 is 22.5. The lowest BCUT2D eigenvalue weighted by Gasteiger charge is -2.39. The Labute approximate surface area is 72.9 Å². The number of sulfone groups is 1. The predicted molar refractivity (Wildman–Crippen MR) is 46.9 cm³/mol. The van der Waals surface area contributed by atoms with E-state index in [9.17, 15) is 8.42 Å². The van der Waals surface area contributed by atoms with E-state index >= 15 is 0 Å². The van der Waals surface area contributed by atoms with Crippen LogP contribution < -0.4 is 5.32 Å². The van der Waals surface area contributed by atoms with Crippen molar-refractivity contribution in [1.82, 2.24) is 10.2 Å². The summed E-state index contributed by atoms with van der Waals surface area (Å²) in [6, 6.07) is 0.234. The zero-order valence-corrected chi connectivity index (χ0v) is 7.81. The minimum absolute atomic E-state index is 0.234. The van der Waals surface area contributed by atoms with Crippen LogP contribution in [-0.2, 0) is 9.84 Å². The molecule has 0 aromatic heterocycles. The van der Waals surface area contributed by atoms with Gasteiger partial charge in [0.2, 0.25) is 0 Å². The molecule has 0 bridgehead atoms. The van der Waals surface area contributed by atoms with Crippen LogP contribution in [0.5, 0.6) is 0 Å². The first-order chi connectivity index (χ1) is 5.67. The average molecular weight is 190 g/mol. The van der Waals surface area contributed by atoms with Crippen LogP contribution in [0.3, 0.4) is 0 Å². The Morgan fingerprint density at radius 2 is 2.17 bits per heavy atom. The van der Waals surface area contributed by atoms with E-state index in [0.29, 0.717) is 11.5 Å². The molecule has 0 aliphatic carbocycles. The van der Waals surface area contributed by atoms with E-state index in [1.54, 1.807) is 0 Å². The van der Waals surface area contributed by atoms with Crippen molar-refractivity contribution < 1.29 is 8.42 Å². The van der Waals surface area contributed by atoms with Crippen LogP contribution in [0, 0.1) is 0 Å². The minimum Gasteiger partial charge on any atom is -0.314 e. The highest BCUT2D eigenvalue weighted by molar-refractivity contribution is 7.91. The molecule has 12 heavy (non-hydrogen) atoms. The van der Waals surface area contributed by atoms with Crippen LogP contribution in [0.1, 0.15) is 0 Å². The zero-order valence-electron chi connectivity index (χ0n) is 6.99. The van der Waals surface area contributed by atoms with Gasteiger partial charge < -0.3 is 5.32 Å². The average Bonchev–Trinajstić information content (AvgIpc) is 2.02. The number of hydrogen-bond acceptors (Lipinski definition) is 4. The predicted octanol–water partition coefficient (Wildman–Crippen LogP) is -1.31. The molecule has 0 aromatic rings. The van der Waals surface area contributed by atoms with Crippen molar-refractivity contribution in [2.75, 3.05) is 37.7 Å². The second-order valence-corrected chi connectivity index (χ2v) is 5.74. The first kappa shape index (κ1) is 8.47. The summed E-state index contributed by atoms with van der Waals surface area (Å²) in [4.78, 5) is 2.28. The molecule has 2 aliphatic heterocycles. The number of nitrogens with one attached hydrogen (secondary N) is 1. The summed E-state index contributed by atoms with van der Waals surface area (Å²) in [7, 11) is -2.73. The van der Waals surface area contributed by atoms with Crippen molar-refractivity contribution in [2.45, 2.75) is 6.04 Å². The van der Waals surface area contributed by atoms with Crippen LogP contribution >= 0.6 is 0 Å². The molecular formula is C7H14N2O2S. The van der Waals surface area contributed by atoms with Crippen molar-refractivity contribution >= 4 is 9.84 Å². The highest BCUT2D eigenvalue weighted by Gasteiger charge is 2.32. The van der Waals surface area contributed by atoms with Crippen LogP contribution in [0.4, 0.5) is 0 Å². The SMILES string of the molecule is O=S1(=O)CCN2CCNCC2C1. The summed E-state index contributed by atoms with van der Waals surface area (Å²) in [5, 5.41) is 3.22. The van der Waals surface area contributed by atoms with Gasteiger partial charge in [-0.2, -0.15) is 0 Å². The molecule has 5 heteroatoms. The maximum absolute atomic E-state index is 11.3. The van der Waals surface area contributed by atoms with Crippen LogP contribution in [0.15, 0.2) is 0 Å². The standard InChI is InChI=1S/C7H14N2O2S/c10-12(11)4-3-9-2-1-8-5-7(9)6-12/h7-8H,1-6H2. The molecule has 2 fully saturated rings. The molecule has 1 unspecified atom stereocenters. The Morgan fingerprint density at radius 1 is 1.33 bits per heavy atom. The Morgan fingerprint density at radius 3 is 3.00 bits per heavy atom. The molecule has 2 aliphatic rings. The number of piperazine rings is 1. The van der Waals surface area contributed by atoms with Crippen LogP contribution in [-0.4, -0.2) is 57.0 Å². The van der Waals surface area contributed by atoms with Gasteiger partial charge in [0.25, 0.3) is 0 Å². The van der Waals surface area contributed by atoms with Crippen molar-refractivity contribution in [1.29, 1.82) is 0 Å². The molecule has 0 radical (unpaired) electrons. The lowest BCUT2D eigenvalue weighted by atomic mass is 10.2. The first-order valence-electron chi connectivity index (χ1n) is 4.32. The molecule has 0 amide bonds. The van der Waals surface area contributed by atoms with E-state index in [4.69, 9.17) is 0 Å². The number of fused-ring (bicyclic) bond motifs is 1. The molecule has 1 N–H and O–H groups in total. The minimum atomic E-state index is -2.73. The van der Waals surface area contributed by atoms with Crippen molar-refractivity contribution in [3.63, 3.8) is 0 Å². The quantitative estimate of drug-likeness (QED) is 0.515. The Kier molecular flexibility index (Phi) is 2.10. The Balaban J connectivity index is 2.08. The van der Waals surface area contributed by atoms with Gasteiger partial charge in [0.05, 0.1) is 11.5 Å². The second-order valence-electron chi connectivity index (χ2n) is 3.51. The fourth-order valence-electron chi connectivity index (χ4n) is 1.89. The summed E-state index contributed by atoms with van der Waals surface area (Å²) in [5.74, 6) is 0.698. The normalized spacial score (nSPS) is 35.8. The lowest BCUT2D eigenvalue weighted by molar-refractivity contribution is 0.178. The van der Waals surface area contributed by atoms with E-state index in [-0.39, 0.29) is 6.04 Å². The zero-order chi connectivity index (χ0) is 8.60. The molecule has 0 aromatic carbocycles. The van der Waals surface area contributed by atoms with Gasteiger partial charge in [0, 0.05) is 32.2 Å². The summed E-state index contributed by atoms with van der Waals surface area (Å²) in [6.07, 6.45) is 0. The van der Waals surface area contributed by atoms with E-state index in [1.807, 2.05) is 0 Å². The van der Waals surface area contributed by atoms with Gasteiger partial charge in [-0.15, -0.1) is 0 Å². The van der Waals surface area contributed by atoms with Gasteiger partial charge in [-0.3, -0.25) is 4.90 Å². The monoisotopic (exact) mass is 190 g/mol. The molecule has 2 heterocycles. The lowest BCUT2D eigenvalue weighted by Crippen LogP contribution is -2.58. The van der Waals surface area contributed by atoms with E-state index < -0.39 is 9.84 Å². The van der Waals surface area contributed by atoms with E-state index in [0.717, 1.165) is 26.2 Å². The second kappa shape index (κ2) is 2.97. The Hall–Kier alpha value is -0.130. The van der Waals surface area contributed by atoms with Gasteiger partial charge in [-0.1, -0.05) is 0 Å². The summed E-state index contributed by atoms with van der Waals surface area (Å²) in [5.41, 5.74) is 0. The molecule has 70 valence electrons. The number of nitrogens with zero attached hydrogens (tertiary/aromatic N) is 1. The third kappa shape index (κ3) is 1.62. The number of rotatable bonds is 0. The first-order valence-corrected chi connectivity index (χ1v) is 6.15. The Bertz CT molecular complexity index is 263. The molecule has 0 spiro atoms. The van der Waals surface area contributed by atoms with Crippen molar-refractivity contribution in [2.24, 2.45) is 0 Å². The number of hydrogen-bond donors (Lipinski definition) is 1. The van der Waals surface area contributed by atoms with Gasteiger partial charge in [-0.25, -0.2) is 8.42 Å². The van der Waals surface area contributed by atoms with Crippen molar-refractivity contribution in [3.8, 4) is 0 Å². The van der Waals surface area contributed by atoms with Gasteiger partial charge >= 0.3 is 0 Å². The smallest absolute Gasteiger partial charge is 0.153 e. The third-order valence-corrected chi connectivity index (χ3v) is 4.31. The van der Waals surface area contributed by atoms with Gasteiger partial charge in [-0.05, 0) is 0 Å². The van der Waals surface area contributed by atoms with Crippen LogP contribution in [0.25, 0.3) is 0 Å². The third-order valence-electron chi connectivity index (χ3n) is 2.61. The molecule has 1 atom stereocenters. The highest BCUT2D eigenvalue weighted by atomic mass is 32.2. The largest absolute Gasteiger partial charge is 0.314 e. The fraction of sp³-hybridized carbons (Fsp3) is 1.00. The highest BCUT2D eigenvalue weighted by Crippen LogP contribution is 2.12. The van der Waals surface area contributed by atoms with Crippen LogP contribution in [0.2, 0.25) is 0 Å². The molecule has 4 nitrogen and oxygen atoms in total. The van der Waals surface area contributed by atoms with E-state index in [2.05, 4.69) is 10.2 Å². The van der Waals surface area contributed by atoms with Crippen molar-refractivity contribution in [3.05, 3.63) is 0 Å².